The lowest BCUT2D eigenvalue weighted by molar-refractivity contribution is -0.117. The number of hydrogen-bond acceptors (Lipinski definition) is 8. The van der Waals surface area contributed by atoms with E-state index >= 15 is 4.39 Å². The Morgan fingerprint density at radius 2 is 1.60 bits per heavy atom. The average molecular weight is 649 g/mol. The van der Waals surface area contributed by atoms with E-state index in [1.165, 1.54) is 60.9 Å². The second kappa shape index (κ2) is 15.6. The first-order chi connectivity index (χ1) is 22.7. The molecule has 0 bridgehead atoms. The highest BCUT2D eigenvalue weighted by Gasteiger charge is 2.29. The third kappa shape index (κ3) is 9.12. The predicted octanol–water partition coefficient (Wildman–Crippen LogP) is 4.84. The molecule has 3 atom stereocenters. The molecule has 2 amide bonds. The number of rotatable bonds is 11. The number of amides is 2. The van der Waals surface area contributed by atoms with E-state index in [2.05, 4.69) is 25.9 Å². The van der Waals surface area contributed by atoms with E-state index in [1.807, 2.05) is 6.92 Å². The molecule has 0 spiro atoms. The van der Waals surface area contributed by atoms with Crippen LogP contribution in [0.15, 0.2) is 79.3 Å². The lowest BCUT2D eigenvalue weighted by Crippen LogP contribution is -2.47. The number of aromatic nitrogens is 2. The van der Waals surface area contributed by atoms with Crippen LogP contribution in [0.3, 0.4) is 0 Å². The first-order valence-electron chi connectivity index (χ1n) is 15.1. The quantitative estimate of drug-likeness (QED) is 0.181. The van der Waals surface area contributed by atoms with E-state index in [0.29, 0.717) is 36.3 Å². The summed E-state index contributed by atoms with van der Waals surface area (Å²) in [7, 11) is 0. The lowest BCUT2D eigenvalue weighted by Gasteiger charge is -2.31. The number of aryl methyl sites for hydroxylation is 1. The number of hydrogen-bond donors (Lipinski definition) is 4. The topological polar surface area (TPSA) is 140 Å². The molecule has 4 aromatic rings. The first-order valence-corrected chi connectivity index (χ1v) is 15.1. The Balaban J connectivity index is 1.20. The number of nitrogens with zero attached hydrogens (tertiary/aromatic N) is 2. The average Bonchev–Trinajstić information content (AvgIpc) is 3.06. The van der Waals surface area contributed by atoms with Crippen molar-refractivity contribution in [3.63, 3.8) is 0 Å². The van der Waals surface area contributed by atoms with Crippen LogP contribution in [-0.2, 0) is 20.7 Å². The Bertz CT molecular complexity index is 1610. The summed E-state index contributed by atoms with van der Waals surface area (Å²) in [5, 5.41) is 8.56. The van der Waals surface area contributed by atoms with Gasteiger partial charge >= 0.3 is 6.09 Å². The van der Waals surface area contributed by atoms with Gasteiger partial charge in [-0.2, -0.15) is 0 Å². The van der Waals surface area contributed by atoms with Crippen molar-refractivity contribution < 1.29 is 32.2 Å². The van der Waals surface area contributed by atoms with E-state index in [0.717, 1.165) is 11.9 Å². The fourth-order valence-electron chi connectivity index (χ4n) is 5.35. The molecule has 2 aromatic carbocycles. The highest BCUT2D eigenvalue weighted by atomic mass is 19.1. The largest absolute Gasteiger partial charge is 0.446 e. The predicted molar refractivity (Wildman–Crippen MR) is 169 cm³/mol. The molecule has 3 heterocycles. The van der Waals surface area contributed by atoms with Crippen LogP contribution in [0, 0.1) is 24.4 Å². The van der Waals surface area contributed by atoms with Gasteiger partial charge in [-0.25, -0.2) is 18.0 Å². The molecule has 0 aliphatic carbocycles. The maximum absolute atomic E-state index is 15.1. The minimum Gasteiger partial charge on any atom is -0.446 e. The molecule has 1 fully saturated rings. The molecule has 1 aliphatic rings. The smallest absolute Gasteiger partial charge is 0.411 e. The Morgan fingerprint density at radius 3 is 2.23 bits per heavy atom. The molecule has 2 aromatic heterocycles. The summed E-state index contributed by atoms with van der Waals surface area (Å²) in [6.45, 7) is 2.79. The van der Waals surface area contributed by atoms with Gasteiger partial charge < -0.3 is 25.8 Å². The third-order valence-electron chi connectivity index (χ3n) is 7.79. The van der Waals surface area contributed by atoms with Crippen LogP contribution < -0.4 is 21.7 Å². The molecule has 5 N–H and O–H groups in total. The van der Waals surface area contributed by atoms with Gasteiger partial charge in [0.15, 0.2) is 0 Å². The zero-order chi connectivity index (χ0) is 33.3. The number of nitrogens with two attached hydrogens (primary N) is 1. The summed E-state index contributed by atoms with van der Waals surface area (Å²) in [6, 6.07) is 13.3. The molecule has 246 valence electrons. The number of anilines is 2. The van der Waals surface area contributed by atoms with E-state index < -0.39 is 47.5 Å². The zero-order valence-corrected chi connectivity index (χ0v) is 25.6. The van der Waals surface area contributed by atoms with Crippen LogP contribution in [0.5, 0.6) is 0 Å². The second-order valence-corrected chi connectivity index (χ2v) is 11.2. The minimum atomic E-state index is -1.20. The summed E-state index contributed by atoms with van der Waals surface area (Å²) >= 11 is 0. The SMILES string of the molecule is Cc1ccc(NC(=O)OC[C@@H]2CNC[C@@H](CCc3c(F)cncc3NC(=O)C(N)C(c3ccc(F)cc3)c3ccc(F)cc3)O2)cn1. The van der Waals surface area contributed by atoms with Gasteiger partial charge in [-0.1, -0.05) is 24.3 Å². The maximum Gasteiger partial charge on any atom is 0.411 e. The van der Waals surface area contributed by atoms with Gasteiger partial charge in [-0.15, -0.1) is 0 Å². The molecule has 1 saturated heterocycles. The lowest BCUT2D eigenvalue weighted by atomic mass is 9.85. The minimum absolute atomic E-state index is 0.000709. The fraction of sp³-hybridized carbons (Fsp3) is 0.294. The maximum atomic E-state index is 15.1. The van der Waals surface area contributed by atoms with Crippen LogP contribution in [0.4, 0.5) is 29.3 Å². The Morgan fingerprint density at radius 1 is 0.936 bits per heavy atom. The first kappa shape index (κ1) is 33.5. The number of nitrogens with one attached hydrogen (secondary N) is 3. The van der Waals surface area contributed by atoms with Gasteiger partial charge in [0, 0.05) is 30.3 Å². The van der Waals surface area contributed by atoms with Crippen LogP contribution in [0.1, 0.15) is 34.7 Å². The molecular formula is C34H35F3N6O4. The van der Waals surface area contributed by atoms with Gasteiger partial charge in [-0.05, 0) is 67.3 Å². The summed E-state index contributed by atoms with van der Waals surface area (Å²) in [5.41, 5.74) is 9.23. The number of morpholine rings is 1. The van der Waals surface area contributed by atoms with Gasteiger partial charge in [0.1, 0.15) is 30.2 Å². The van der Waals surface area contributed by atoms with E-state index in [1.54, 1.807) is 12.1 Å². The Hall–Kier alpha value is -4.85. The second-order valence-electron chi connectivity index (χ2n) is 11.2. The van der Waals surface area contributed by atoms with Gasteiger partial charge in [-0.3, -0.25) is 20.1 Å². The number of carbonyl (C=O) groups excluding carboxylic acids is 2. The molecular weight excluding hydrogens is 613 g/mol. The van der Waals surface area contributed by atoms with E-state index in [9.17, 15) is 18.4 Å². The Labute approximate surface area is 269 Å². The van der Waals surface area contributed by atoms with Crippen molar-refractivity contribution in [2.75, 3.05) is 30.3 Å². The van der Waals surface area contributed by atoms with Crippen LogP contribution in [-0.4, -0.2) is 59.9 Å². The van der Waals surface area contributed by atoms with Crippen molar-refractivity contribution in [1.29, 1.82) is 0 Å². The van der Waals surface area contributed by atoms with Crippen LogP contribution >= 0.6 is 0 Å². The number of benzene rings is 2. The van der Waals surface area contributed by atoms with Crippen molar-refractivity contribution >= 4 is 23.4 Å². The highest BCUT2D eigenvalue weighted by Crippen LogP contribution is 2.29. The number of ether oxygens (including phenoxy) is 2. The molecule has 5 rings (SSSR count). The van der Waals surface area contributed by atoms with Crippen LogP contribution in [0.2, 0.25) is 0 Å². The number of carbonyl (C=O) groups is 2. The van der Waals surface area contributed by atoms with Crippen molar-refractivity contribution in [1.82, 2.24) is 15.3 Å². The van der Waals surface area contributed by atoms with Crippen molar-refractivity contribution in [2.24, 2.45) is 5.73 Å². The summed E-state index contributed by atoms with van der Waals surface area (Å²) in [6.07, 6.45) is 3.11. The molecule has 1 unspecified atom stereocenters. The fourth-order valence-corrected chi connectivity index (χ4v) is 5.35. The highest BCUT2D eigenvalue weighted by molar-refractivity contribution is 5.96. The molecule has 1 aliphatic heterocycles. The third-order valence-corrected chi connectivity index (χ3v) is 7.79. The van der Waals surface area contributed by atoms with E-state index in [-0.39, 0.29) is 30.4 Å². The van der Waals surface area contributed by atoms with Crippen LogP contribution in [0.25, 0.3) is 0 Å². The number of halogens is 3. The van der Waals surface area contributed by atoms with Gasteiger partial charge in [0.25, 0.3) is 0 Å². The summed E-state index contributed by atoms with van der Waals surface area (Å²) in [4.78, 5) is 33.7. The van der Waals surface area contributed by atoms with E-state index in [4.69, 9.17) is 15.2 Å². The number of pyridine rings is 2. The van der Waals surface area contributed by atoms with Crippen molar-refractivity contribution in [3.8, 4) is 0 Å². The summed E-state index contributed by atoms with van der Waals surface area (Å²) in [5.74, 6) is -2.92. The Kier molecular flexibility index (Phi) is 11.1. The molecule has 0 radical (unpaired) electrons. The molecule has 47 heavy (non-hydrogen) atoms. The summed E-state index contributed by atoms with van der Waals surface area (Å²) < 4.78 is 53.8. The monoisotopic (exact) mass is 648 g/mol. The molecule has 10 nitrogen and oxygen atoms in total. The van der Waals surface area contributed by atoms with Crippen molar-refractivity contribution in [3.05, 3.63) is 119 Å². The standard InChI is InChI=1S/C34H35F3N6O4/c1-20-2-11-25(14-41-20)42-34(45)46-19-27-16-39-15-26(47-27)12-13-28-29(37)17-40-18-30(28)43-33(44)32(38)31(21-3-7-23(35)8-4-21)22-5-9-24(36)10-6-22/h2-11,14,17-18,26-27,31-32,39H,12-13,15-16,19,38H2,1H3,(H,42,45)(H,43,44)/t26-,27+,32?/m1/s1. The zero-order valence-electron chi connectivity index (χ0n) is 25.6. The van der Waals surface area contributed by atoms with Crippen molar-refractivity contribution in [2.45, 2.75) is 43.9 Å². The van der Waals surface area contributed by atoms with Gasteiger partial charge in [0.2, 0.25) is 5.91 Å². The molecule has 0 saturated carbocycles. The molecule has 13 heteroatoms. The normalized spacial score (nSPS) is 16.8. The van der Waals surface area contributed by atoms with Gasteiger partial charge in [0.05, 0.1) is 42.1 Å².